The van der Waals surface area contributed by atoms with Crippen molar-refractivity contribution >= 4 is 35.0 Å². The fraction of sp³-hybridized carbons (Fsp3) is 0.0385. The predicted octanol–water partition coefficient (Wildman–Crippen LogP) is 5.59. The molecular weight excluding hydrogens is 400 g/mol. The molecule has 0 aliphatic heterocycles. The van der Waals surface area contributed by atoms with E-state index in [4.69, 9.17) is 4.74 Å². The molecule has 0 atom stereocenters. The summed E-state index contributed by atoms with van der Waals surface area (Å²) in [5.74, 6) is 0.839. The third kappa shape index (κ3) is 6.27. The smallest absolute Gasteiger partial charge is 0.263 e. The zero-order valence-corrected chi connectivity index (χ0v) is 17.3. The quantitative estimate of drug-likeness (QED) is 0.363. The Bertz CT molecular complexity index is 1160. The van der Waals surface area contributed by atoms with Crippen molar-refractivity contribution in [3.8, 4) is 5.75 Å². The largest absolute Gasteiger partial charge is 0.484 e. The van der Waals surface area contributed by atoms with Crippen LogP contribution < -0.4 is 15.4 Å². The number of carbonyl (C=O) groups is 1. The van der Waals surface area contributed by atoms with Crippen molar-refractivity contribution in [2.75, 3.05) is 17.2 Å². The number of amides is 1. The lowest BCUT2D eigenvalue weighted by atomic mass is 10.2. The van der Waals surface area contributed by atoms with Crippen LogP contribution in [0.2, 0.25) is 0 Å². The van der Waals surface area contributed by atoms with E-state index in [2.05, 4.69) is 20.6 Å². The Morgan fingerprint density at radius 1 is 0.844 bits per heavy atom. The minimum atomic E-state index is -0.264. The van der Waals surface area contributed by atoms with Gasteiger partial charge in [0.05, 0.1) is 5.69 Å². The van der Waals surface area contributed by atoms with Crippen molar-refractivity contribution in [3.63, 3.8) is 0 Å². The number of carbonyl (C=O) groups excluding carboxylic acids is 1. The summed E-state index contributed by atoms with van der Waals surface area (Å²) in [5.41, 5.74) is 3.83. The van der Waals surface area contributed by atoms with Gasteiger partial charge in [0.25, 0.3) is 5.91 Å². The molecule has 6 nitrogen and oxygen atoms in total. The van der Waals surface area contributed by atoms with Crippen LogP contribution in [0.3, 0.4) is 0 Å². The van der Waals surface area contributed by atoms with Crippen molar-refractivity contribution in [2.24, 2.45) is 4.99 Å². The van der Waals surface area contributed by atoms with Gasteiger partial charge in [0, 0.05) is 23.8 Å². The average molecular weight is 422 g/mol. The maximum atomic E-state index is 11.9. The van der Waals surface area contributed by atoms with Crippen LogP contribution in [0, 0.1) is 0 Å². The van der Waals surface area contributed by atoms with E-state index in [-0.39, 0.29) is 12.5 Å². The molecular formula is C26H22N4O2. The first kappa shape index (κ1) is 20.8. The Labute approximate surface area is 186 Å². The summed E-state index contributed by atoms with van der Waals surface area (Å²) in [6, 6.07) is 30.6. The lowest BCUT2D eigenvalue weighted by Gasteiger charge is -2.07. The van der Waals surface area contributed by atoms with Gasteiger partial charge in [0.15, 0.2) is 6.61 Å². The summed E-state index contributed by atoms with van der Waals surface area (Å²) in [7, 11) is 0. The molecule has 6 heteroatoms. The molecule has 0 spiro atoms. The van der Waals surface area contributed by atoms with Gasteiger partial charge in [-0.15, -0.1) is 0 Å². The Morgan fingerprint density at radius 3 is 2.28 bits per heavy atom. The summed E-state index contributed by atoms with van der Waals surface area (Å²) in [6.07, 6.45) is 3.41. The number of aromatic nitrogens is 1. The molecule has 0 fully saturated rings. The maximum absolute atomic E-state index is 11.9. The molecule has 158 valence electrons. The van der Waals surface area contributed by atoms with Crippen LogP contribution >= 0.6 is 0 Å². The molecule has 0 saturated heterocycles. The normalized spacial score (nSPS) is 10.6. The molecule has 0 aliphatic rings. The van der Waals surface area contributed by atoms with Gasteiger partial charge in [-0.05, 0) is 78.4 Å². The van der Waals surface area contributed by atoms with Gasteiger partial charge in [-0.2, -0.15) is 0 Å². The van der Waals surface area contributed by atoms with E-state index >= 15 is 0 Å². The summed E-state index contributed by atoms with van der Waals surface area (Å²) < 4.78 is 5.53. The van der Waals surface area contributed by atoms with Crippen molar-refractivity contribution in [1.82, 2.24) is 4.98 Å². The number of hydrogen-bond acceptors (Lipinski definition) is 5. The summed E-state index contributed by atoms with van der Waals surface area (Å²) in [6.45, 7) is -0.0899. The molecule has 1 amide bonds. The molecule has 3 aromatic carbocycles. The number of anilines is 3. The van der Waals surface area contributed by atoms with Gasteiger partial charge in [-0.25, -0.2) is 4.98 Å². The number of hydrogen-bond donors (Lipinski definition) is 2. The van der Waals surface area contributed by atoms with Crippen LogP contribution in [-0.2, 0) is 4.79 Å². The van der Waals surface area contributed by atoms with Gasteiger partial charge < -0.3 is 15.4 Å². The molecule has 1 aromatic heterocycles. The molecule has 4 aromatic rings. The topological polar surface area (TPSA) is 75.6 Å². The van der Waals surface area contributed by atoms with Gasteiger partial charge in [0.2, 0.25) is 0 Å². The van der Waals surface area contributed by atoms with E-state index < -0.39 is 0 Å². The fourth-order valence-corrected chi connectivity index (χ4v) is 2.88. The van der Waals surface area contributed by atoms with Crippen molar-refractivity contribution in [1.29, 1.82) is 0 Å². The Kier molecular flexibility index (Phi) is 6.85. The first-order chi connectivity index (χ1) is 15.7. The average Bonchev–Trinajstić information content (AvgIpc) is 2.84. The van der Waals surface area contributed by atoms with Crippen LogP contribution in [0.25, 0.3) is 0 Å². The molecule has 0 bridgehead atoms. The van der Waals surface area contributed by atoms with Crippen LogP contribution in [0.4, 0.5) is 22.9 Å². The molecule has 1 heterocycles. The molecule has 32 heavy (non-hydrogen) atoms. The monoisotopic (exact) mass is 422 g/mol. The number of nitrogens with zero attached hydrogens (tertiary/aromatic N) is 2. The minimum Gasteiger partial charge on any atom is -0.484 e. The second-order valence-corrected chi connectivity index (χ2v) is 6.92. The highest BCUT2D eigenvalue weighted by molar-refractivity contribution is 5.91. The number of para-hydroxylation sites is 1. The predicted molar refractivity (Wildman–Crippen MR) is 128 cm³/mol. The summed E-state index contributed by atoms with van der Waals surface area (Å²) >= 11 is 0. The minimum absolute atomic E-state index is 0.0899. The molecule has 2 N–H and O–H groups in total. The van der Waals surface area contributed by atoms with Crippen LogP contribution in [0.15, 0.2) is 108 Å². The number of rotatable bonds is 8. The van der Waals surface area contributed by atoms with Crippen LogP contribution in [0.1, 0.15) is 5.56 Å². The summed E-state index contributed by atoms with van der Waals surface area (Å²) in [4.78, 5) is 20.5. The maximum Gasteiger partial charge on any atom is 0.263 e. The second kappa shape index (κ2) is 10.5. The highest BCUT2D eigenvalue weighted by Gasteiger charge is 2.04. The first-order valence-corrected chi connectivity index (χ1v) is 10.1. The summed E-state index contributed by atoms with van der Waals surface area (Å²) in [5, 5.41) is 6.03. The van der Waals surface area contributed by atoms with Gasteiger partial charge in [0.1, 0.15) is 11.6 Å². The van der Waals surface area contributed by atoms with E-state index in [0.29, 0.717) is 11.6 Å². The third-order valence-electron chi connectivity index (χ3n) is 4.47. The van der Waals surface area contributed by atoms with E-state index in [1.807, 2.05) is 78.9 Å². The Hall–Kier alpha value is -4.45. The van der Waals surface area contributed by atoms with Crippen LogP contribution in [-0.4, -0.2) is 23.7 Å². The zero-order chi connectivity index (χ0) is 22.0. The molecule has 0 radical (unpaired) electrons. The van der Waals surface area contributed by atoms with E-state index in [0.717, 1.165) is 22.6 Å². The van der Waals surface area contributed by atoms with E-state index in [1.165, 1.54) is 0 Å². The lowest BCUT2D eigenvalue weighted by molar-refractivity contribution is -0.118. The highest BCUT2D eigenvalue weighted by Crippen LogP contribution is 2.20. The number of nitrogens with one attached hydrogen (secondary N) is 2. The first-order valence-electron chi connectivity index (χ1n) is 10.1. The van der Waals surface area contributed by atoms with Crippen molar-refractivity contribution < 1.29 is 9.53 Å². The van der Waals surface area contributed by atoms with Crippen molar-refractivity contribution in [2.45, 2.75) is 0 Å². The highest BCUT2D eigenvalue weighted by atomic mass is 16.5. The van der Waals surface area contributed by atoms with Gasteiger partial charge >= 0.3 is 0 Å². The second-order valence-electron chi connectivity index (χ2n) is 6.92. The standard InChI is InChI=1S/C26H22N4O2/c31-26(30-25-8-4-5-17-27-25)19-32-24-15-9-20(10-16-24)18-28-21-11-13-23(14-12-21)29-22-6-2-1-3-7-22/h1-18,29H,19H2,(H,27,30,31). The van der Waals surface area contributed by atoms with Crippen LogP contribution in [0.5, 0.6) is 5.75 Å². The molecule has 0 unspecified atom stereocenters. The van der Waals surface area contributed by atoms with E-state index in [9.17, 15) is 4.79 Å². The van der Waals surface area contributed by atoms with E-state index in [1.54, 1.807) is 30.6 Å². The van der Waals surface area contributed by atoms with Gasteiger partial charge in [-0.1, -0.05) is 24.3 Å². The number of ether oxygens (including phenoxy) is 1. The Balaban J connectivity index is 1.27. The molecule has 4 rings (SSSR count). The Morgan fingerprint density at radius 2 is 1.56 bits per heavy atom. The van der Waals surface area contributed by atoms with Gasteiger partial charge in [-0.3, -0.25) is 9.79 Å². The third-order valence-corrected chi connectivity index (χ3v) is 4.47. The SMILES string of the molecule is O=C(COc1ccc(C=Nc2ccc(Nc3ccccc3)cc2)cc1)Nc1ccccn1. The lowest BCUT2D eigenvalue weighted by Crippen LogP contribution is -2.20. The zero-order valence-electron chi connectivity index (χ0n) is 17.3. The molecule has 0 saturated carbocycles. The number of pyridine rings is 1. The van der Waals surface area contributed by atoms with Crippen molar-refractivity contribution in [3.05, 3.63) is 109 Å². The number of benzene rings is 3. The fourth-order valence-electron chi connectivity index (χ4n) is 2.88. The number of aliphatic imine (C=N–C) groups is 1. The molecule has 0 aliphatic carbocycles.